The number of amides is 1. The fraction of sp³-hybridized carbons (Fsp3) is 0.429. The van der Waals surface area contributed by atoms with Crippen molar-refractivity contribution in [1.82, 2.24) is 5.32 Å². The van der Waals surface area contributed by atoms with Gasteiger partial charge in [0.2, 0.25) is 0 Å². The summed E-state index contributed by atoms with van der Waals surface area (Å²) in [4.78, 5) is 22.8. The molecule has 0 bridgehead atoms. The summed E-state index contributed by atoms with van der Waals surface area (Å²) >= 11 is 0. The summed E-state index contributed by atoms with van der Waals surface area (Å²) in [5, 5.41) is 2.82. The summed E-state index contributed by atoms with van der Waals surface area (Å²) in [7, 11) is 1.51. The Bertz CT molecular complexity index is 376. The maximum atomic E-state index is 11.6. The standard InChI is InChI=1S/C14H19NO3/c1-18-11-13(16)9-5-6-10-15-14(17)12-7-3-2-4-8-12/h2-4,7-8H,5-6,9-11H2,1H3,(H,15,17). The molecule has 0 heterocycles. The van der Waals surface area contributed by atoms with E-state index in [1.54, 1.807) is 12.1 Å². The van der Waals surface area contributed by atoms with Gasteiger partial charge in [0.05, 0.1) is 0 Å². The van der Waals surface area contributed by atoms with Gasteiger partial charge in [-0.2, -0.15) is 0 Å². The van der Waals surface area contributed by atoms with Gasteiger partial charge >= 0.3 is 0 Å². The highest BCUT2D eigenvalue weighted by atomic mass is 16.5. The van der Waals surface area contributed by atoms with E-state index in [1.165, 1.54) is 7.11 Å². The zero-order chi connectivity index (χ0) is 13.2. The van der Waals surface area contributed by atoms with Crippen LogP contribution in [0.3, 0.4) is 0 Å². The minimum absolute atomic E-state index is 0.0705. The Labute approximate surface area is 107 Å². The molecule has 0 atom stereocenters. The van der Waals surface area contributed by atoms with Crippen LogP contribution in [-0.4, -0.2) is 32.0 Å². The Morgan fingerprint density at radius 2 is 1.89 bits per heavy atom. The summed E-state index contributed by atoms with van der Waals surface area (Å²) in [6.07, 6.45) is 2.08. The second kappa shape index (κ2) is 8.42. The highest BCUT2D eigenvalue weighted by Gasteiger charge is 2.04. The number of carbonyl (C=O) groups is 2. The van der Waals surface area contributed by atoms with Crippen LogP contribution in [-0.2, 0) is 9.53 Å². The molecule has 0 radical (unpaired) electrons. The average Bonchev–Trinajstić information content (AvgIpc) is 2.39. The van der Waals surface area contributed by atoms with E-state index in [0.717, 1.165) is 12.8 Å². The third-order valence-corrected chi connectivity index (χ3v) is 2.51. The topological polar surface area (TPSA) is 55.4 Å². The SMILES string of the molecule is COCC(=O)CCCCNC(=O)c1ccccc1. The predicted octanol–water partition coefficient (Wildman–Crippen LogP) is 1.80. The van der Waals surface area contributed by atoms with Crippen LogP contribution in [0.5, 0.6) is 0 Å². The van der Waals surface area contributed by atoms with Gasteiger partial charge in [0.1, 0.15) is 6.61 Å². The van der Waals surface area contributed by atoms with Gasteiger partial charge < -0.3 is 10.1 Å². The summed E-state index contributed by atoms with van der Waals surface area (Å²) in [6.45, 7) is 0.768. The Morgan fingerprint density at radius 3 is 2.56 bits per heavy atom. The van der Waals surface area contributed by atoms with Gasteiger partial charge in [-0.05, 0) is 25.0 Å². The summed E-state index contributed by atoms with van der Waals surface area (Å²) in [5.41, 5.74) is 0.660. The first kappa shape index (κ1) is 14.4. The quantitative estimate of drug-likeness (QED) is 0.715. The maximum absolute atomic E-state index is 11.6. The Kier molecular flexibility index (Phi) is 6.72. The number of methoxy groups -OCH3 is 1. The number of unbranched alkanes of at least 4 members (excludes halogenated alkanes) is 1. The lowest BCUT2D eigenvalue weighted by molar-refractivity contribution is -0.122. The Morgan fingerprint density at radius 1 is 1.17 bits per heavy atom. The molecule has 0 aliphatic heterocycles. The smallest absolute Gasteiger partial charge is 0.251 e. The van der Waals surface area contributed by atoms with Gasteiger partial charge in [-0.15, -0.1) is 0 Å². The van der Waals surface area contributed by atoms with Crippen molar-refractivity contribution in [1.29, 1.82) is 0 Å². The third kappa shape index (κ3) is 5.59. The van der Waals surface area contributed by atoms with Gasteiger partial charge in [-0.1, -0.05) is 18.2 Å². The van der Waals surface area contributed by atoms with Gasteiger partial charge in [-0.3, -0.25) is 9.59 Å². The van der Waals surface area contributed by atoms with Crippen molar-refractivity contribution in [3.8, 4) is 0 Å². The number of hydrogen-bond donors (Lipinski definition) is 1. The summed E-state index contributed by atoms with van der Waals surface area (Å²) in [6, 6.07) is 9.09. The van der Waals surface area contributed by atoms with Crippen LogP contribution in [0.2, 0.25) is 0 Å². The highest BCUT2D eigenvalue weighted by molar-refractivity contribution is 5.94. The van der Waals surface area contributed by atoms with Gasteiger partial charge in [0.15, 0.2) is 5.78 Å². The molecule has 98 valence electrons. The van der Waals surface area contributed by atoms with Crippen molar-refractivity contribution < 1.29 is 14.3 Å². The van der Waals surface area contributed by atoms with Crippen LogP contribution in [0, 0.1) is 0 Å². The van der Waals surface area contributed by atoms with Crippen molar-refractivity contribution in [3.63, 3.8) is 0 Å². The molecule has 0 aliphatic rings. The number of benzene rings is 1. The molecule has 4 nitrogen and oxygen atoms in total. The van der Waals surface area contributed by atoms with Crippen molar-refractivity contribution in [2.45, 2.75) is 19.3 Å². The van der Waals surface area contributed by atoms with Crippen LogP contribution in [0.4, 0.5) is 0 Å². The normalized spacial score (nSPS) is 10.1. The highest BCUT2D eigenvalue weighted by Crippen LogP contribution is 1.99. The van der Waals surface area contributed by atoms with Crippen LogP contribution in [0.1, 0.15) is 29.6 Å². The lowest BCUT2D eigenvalue weighted by atomic mass is 10.1. The van der Waals surface area contributed by atoms with Crippen LogP contribution in [0.15, 0.2) is 30.3 Å². The molecule has 0 aliphatic carbocycles. The lowest BCUT2D eigenvalue weighted by Gasteiger charge is -2.04. The monoisotopic (exact) mass is 249 g/mol. The van der Waals surface area contributed by atoms with Gasteiger partial charge in [0, 0.05) is 25.6 Å². The number of carbonyl (C=O) groups excluding carboxylic acids is 2. The second-order valence-corrected chi connectivity index (χ2v) is 4.05. The van der Waals surface area contributed by atoms with E-state index in [2.05, 4.69) is 5.32 Å². The van der Waals surface area contributed by atoms with Crippen molar-refractivity contribution in [2.24, 2.45) is 0 Å². The number of rotatable bonds is 8. The third-order valence-electron chi connectivity index (χ3n) is 2.51. The minimum atomic E-state index is -0.0705. The molecular formula is C14H19NO3. The van der Waals surface area contributed by atoms with E-state index >= 15 is 0 Å². The van der Waals surface area contributed by atoms with E-state index in [0.29, 0.717) is 18.5 Å². The van der Waals surface area contributed by atoms with E-state index in [4.69, 9.17) is 4.74 Å². The molecule has 1 N–H and O–H groups in total. The molecule has 0 spiro atoms. The molecule has 0 fully saturated rings. The fourth-order valence-electron chi connectivity index (χ4n) is 1.57. The average molecular weight is 249 g/mol. The van der Waals surface area contributed by atoms with Crippen LogP contribution < -0.4 is 5.32 Å². The maximum Gasteiger partial charge on any atom is 0.251 e. The molecule has 0 saturated heterocycles. The summed E-state index contributed by atoms with van der Waals surface area (Å²) in [5.74, 6) is 0.0331. The van der Waals surface area contributed by atoms with Crippen LogP contribution >= 0.6 is 0 Å². The molecule has 18 heavy (non-hydrogen) atoms. The number of Topliss-reactive ketones (excluding diaryl/α,β-unsaturated/α-hetero) is 1. The van der Waals surface area contributed by atoms with Crippen molar-refractivity contribution in [2.75, 3.05) is 20.3 Å². The molecule has 4 heteroatoms. The van der Waals surface area contributed by atoms with E-state index in [9.17, 15) is 9.59 Å². The first-order chi connectivity index (χ1) is 8.74. The molecule has 1 aromatic rings. The molecule has 1 rings (SSSR count). The minimum Gasteiger partial charge on any atom is -0.377 e. The Hall–Kier alpha value is -1.68. The van der Waals surface area contributed by atoms with E-state index < -0.39 is 0 Å². The molecular weight excluding hydrogens is 230 g/mol. The van der Waals surface area contributed by atoms with Gasteiger partial charge in [-0.25, -0.2) is 0 Å². The van der Waals surface area contributed by atoms with Crippen LogP contribution in [0.25, 0.3) is 0 Å². The number of hydrogen-bond acceptors (Lipinski definition) is 3. The first-order valence-corrected chi connectivity index (χ1v) is 6.08. The van der Waals surface area contributed by atoms with Crippen molar-refractivity contribution in [3.05, 3.63) is 35.9 Å². The first-order valence-electron chi connectivity index (χ1n) is 6.08. The van der Waals surface area contributed by atoms with E-state index in [-0.39, 0.29) is 18.3 Å². The zero-order valence-corrected chi connectivity index (χ0v) is 10.6. The largest absolute Gasteiger partial charge is 0.377 e. The molecule has 1 amide bonds. The molecule has 0 aromatic heterocycles. The summed E-state index contributed by atoms with van der Waals surface area (Å²) < 4.78 is 4.74. The van der Waals surface area contributed by atoms with Crippen molar-refractivity contribution >= 4 is 11.7 Å². The predicted molar refractivity (Wildman–Crippen MR) is 69.5 cm³/mol. The number of ketones is 1. The Balaban J connectivity index is 2.11. The van der Waals surface area contributed by atoms with E-state index in [1.807, 2.05) is 18.2 Å². The molecule has 1 aromatic carbocycles. The zero-order valence-electron chi connectivity index (χ0n) is 10.6. The second-order valence-electron chi connectivity index (χ2n) is 4.05. The lowest BCUT2D eigenvalue weighted by Crippen LogP contribution is -2.24. The fourth-order valence-corrected chi connectivity index (χ4v) is 1.57. The molecule has 0 saturated carbocycles. The number of nitrogens with one attached hydrogen (secondary N) is 1. The van der Waals surface area contributed by atoms with Gasteiger partial charge in [0.25, 0.3) is 5.91 Å². The number of ether oxygens (including phenoxy) is 1. The molecule has 0 unspecified atom stereocenters.